The maximum Gasteiger partial charge on any atom is 0.0462 e. The Morgan fingerprint density at radius 2 is 2.07 bits per heavy atom. The van der Waals surface area contributed by atoms with Crippen LogP contribution in [-0.4, -0.2) is 0 Å². The standard InChI is InChI=1S/C13H22N2/c1-4-5-6-13(15-14)12-8-7-10(2)9-11(12)3/h7-9,13,15H,4-6,14H2,1-3H3. The van der Waals surface area contributed by atoms with Gasteiger partial charge in [-0.2, -0.15) is 0 Å². The van der Waals surface area contributed by atoms with E-state index in [2.05, 4.69) is 44.4 Å². The highest BCUT2D eigenvalue weighted by Crippen LogP contribution is 2.22. The molecular weight excluding hydrogens is 184 g/mol. The van der Waals surface area contributed by atoms with Crippen molar-refractivity contribution in [2.75, 3.05) is 0 Å². The van der Waals surface area contributed by atoms with Gasteiger partial charge in [-0.1, -0.05) is 43.5 Å². The summed E-state index contributed by atoms with van der Waals surface area (Å²) in [7, 11) is 0. The van der Waals surface area contributed by atoms with Gasteiger partial charge in [-0.05, 0) is 31.4 Å². The van der Waals surface area contributed by atoms with E-state index in [0.29, 0.717) is 6.04 Å². The van der Waals surface area contributed by atoms with Crippen LogP contribution in [0.4, 0.5) is 0 Å². The van der Waals surface area contributed by atoms with Gasteiger partial charge in [0.1, 0.15) is 0 Å². The number of hydrogen-bond acceptors (Lipinski definition) is 2. The molecule has 0 saturated heterocycles. The molecule has 0 heterocycles. The fraction of sp³-hybridized carbons (Fsp3) is 0.538. The summed E-state index contributed by atoms with van der Waals surface area (Å²) in [5.41, 5.74) is 6.88. The lowest BCUT2D eigenvalue weighted by molar-refractivity contribution is 0.493. The van der Waals surface area contributed by atoms with E-state index in [-0.39, 0.29) is 0 Å². The van der Waals surface area contributed by atoms with Gasteiger partial charge >= 0.3 is 0 Å². The minimum absolute atomic E-state index is 0.297. The number of hydrogen-bond donors (Lipinski definition) is 2. The molecule has 0 saturated carbocycles. The zero-order chi connectivity index (χ0) is 11.3. The van der Waals surface area contributed by atoms with Crippen LogP contribution in [0.5, 0.6) is 0 Å². The minimum atomic E-state index is 0.297. The van der Waals surface area contributed by atoms with E-state index in [1.54, 1.807) is 0 Å². The van der Waals surface area contributed by atoms with E-state index in [0.717, 1.165) is 6.42 Å². The summed E-state index contributed by atoms with van der Waals surface area (Å²) in [6.07, 6.45) is 3.53. The van der Waals surface area contributed by atoms with Crippen LogP contribution in [0.25, 0.3) is 0 Å². The van der Waals surface area contributed by atoms with Crippen molar-refractivity contribution in [3.05, 3.63) is 34.9 Å². The van der Waals surface area contributed by atoms with E-state index >= 15 is 0 Å². The number of nitrogens with one attached hydrogen (secondary N) is 1. The van der Waals surface area contributed by atoms with Gasteiger partial charge < -0.3 is 0 Å². The second kappa shape index (κ2) is 5.89. The van der Waals surface area contributed by atoms with Crippen LogP contribution < -0.4 is 11.3 Å². The van der Waals surface area contributed by atoms with Crippen LogP contribution in [0.1, 0.15) is 48.9 Å². The first-order valence-electron chi connectivity index (χ1n) is 5.72. The van der Waals surface area contributed by atoms with Gasteiger partial charge in [0.05, 0.1) is 0 Å². The molecule has 3 N–H and O–H groups in total. The number of hydrazine groups is 1. The van der Waals surface area contributed by atoms with Crippen molar-refractivity contribution in [2.45, 2.75) is 46.1 Å². The van der Waals surface area contributed by atoms with Gasteiger partial charge in [0.25, 0.3) is 0 Å². The summed E-state index contributed by atoms with van der Waals surface area (Å²) in [5, 5.41) is 0. The third-order valence-corrected chi connectivity index (χ3v) is 2.85. The fourth-order valence-corrected chi connectivity index (χ4v) is 1.95. The van der Waals surface area contributed by atoms with E-state index in [1.165, 1.54) is 29.5 Å². The molecule has 0 aliphatic rings. The molecular formula is C13H22N2. The molecule has 0 aromatic heterocycles. The molecule has 0 bridgehead atoms. The van der Waals surface area contributed by atoms with E-state index < -0.39 is 0 Å². The predicted molar refractivity (Wildman–Crippen MR) is 65.5 cm³/mol. The Morgan fingerprint density at radius 1 is 1.33 bits per heavy atom. The molecule has 15 heavy (non-hydrogen) atoms. The van der Waals surface area contributed by atoms with Gasteiger partial charge in [0, 0.05) is 6.04 Å². The Labute approximate surface area is 92.8 Å². The molecule has 0 aliphatic carbocycles. The molecule has 1 aromatic carbocycles. The Balaban J connectivity index is 2.81. The summed E-state index contributed by atoms with van der Waals surface area (Å²) in [4.78, 5) is 0. The molecule has 2 heteroatoms. The van der Waals surface area contributed by atoms with Crippen LogP contribution in [-0.2, 0) is 0 Å². The summed E-state index contributed by atoms with van der Waals surface area (Å²) >= 11 is 0. The van der Waals surface area contributed by atoms with E-state index in [4.69, 9.17) is 5.84 Å². The average Bonchev–Trinajstić information content (AvgIpc) is 2.21. The lowest BCUT2D eigenvalue weighted by Crippen LogP contribution is -2.28. The van der Waals surface area contributed by atoms with Crippen LogP contribution in [0.15, 0.2) is 18.2 Å². The first kappa shape index (κ1) is 12.2. The highest BCUT2D eigenvalue weighted by atomic mass is 15.2. The molecule has 0 amide bonds. The molecule has 0 aliphatic heterocycles. The van der Waals surface area contributed by atoms with Crippen molar-refractivity contribution in [2.24, 2.45) is 5.84 Å². The van der Waals surface area contributed by atoms with Gasteiger partial charge in [-0.25, -0.2) is 0 Å². The highest BCUT2D eigenvalue weighted by molar-refractivity contribution is 5.32. The van der Waals surface area contributed by atoms with Gasteiger partial charge in [-0.15, -0.1) is 0 Å². The Hall–Kier alpha value is -0.860. The van der Waals surface area contributed by atoms with Crippen LogP contribution in [0, 0.1) is 13.8 Å². The lowest BCUT2D eigenvalue weighted by atomic mass is 9.96. The summed E-state index contributed by atoms with van der Waals surface area (Å²) < 4.78 is 0. The first-order valence-corrected chi connectivity index (χ1v) is 5.72. The second-order valence-corrected chi connectivity index (χ2v) is 4.22. The van der Waals surface area contributed by atoms with E-state index in [1.807, 2.05) is 0 Å². The van der Waals surface area contributed by atoms with Crippen LogP contribution >= 0.6 is 0 Å². The van der Waals surface area contributed by atoms with Crippen molar-refractivity contribution in [3.8, 4) is 0 Å². The molecule has 1 unspecified atom stereocenters. The Bertz CT molecular complexity index is 307. The number of aryl methyl sites for hydroxylation is 2. The molecule has 1 rings (SSSR count). The predicted octanol–water partition coefficient (Wildman–Crippen LogP) is 3.00. The van der Waals surface area contributed by atoms with Crippen LogP contribution in [0.3, 0.4) is 0 Å². The maximum absolute atomic E-state index is 5.60. The smallest absolute Gasteiger partial charge is 0.0462 e. The quantitative estimate of drug-likeness (QED) is 0.574. The highest BCUT2D eigenvalue weighted by Gasteiger charge is 2.10. The first-order chi connectivity index (χ1) is 7.19. The molecule has 84 valence electrons. The third kappa shape index (κ3) is 3.33. The molecule has 0 fully saturated rings. The normalized spacial score (nSPS) is 12.8. The van der Waals surface area contributed by atoms with Gasteiger partial charge in [0.15, 0.2) is 0 Å². The number of rotatable bonds is 5. The molecule has 1 aromatic rings. The molecule has 2 nitrogen and oxygen atoms in total. The fourth-order valence-electron chi connectivity index (χ4n) is 1.95. The molecule has 0 spiro atoms. The van der Waals surface area contributed by atoms with E-state index in [9.17, 15) is 0 Å². The number of unbranched alkanes of at least 4 members (excludes halogenated alkanes) is 1. The van der Waals surface area contributed by atoms with Gasteiger partial charge in [0.2, 0.25) is 0 Å². The summed E-state index contributed by atoms with van der Waals surface area (Å²) in [6, 6.07) is 6.85. The Kier molecular flexibility index (Phi) is 4.79. The molecule has 1 atom stereocenters. The zero-order valence-corrected chi connectivity index (χ0v) is 10.0. The summed E-state index contributed by atoms with van der Waals surface area (Å²) in [6.45, 7) is 6.47. The number of nitrogens with two attached hydrogens (primary N) is 1. The van der Waals surface area contributed by atoms with Crippen molar-refractivity contribution < 1.29 is 0 Å². The monoisotopic (exact) mass is 206 g/mol. The van der Waals surface area contributed by atoms with Crippen molar-refractivity contribution in [3.63, 3.8) is 0 Å². The maximum atomic E-state index is 5.60. The van der Waals surface area contributed by atoms with Crippen LogP contribution in [0.2, 0.25) is 0 Å². The zero-order valence-electron chi connectivity index (χ0n) is 10.0. The Morgan fingerprint density at radius 3 is 2.60 bits per heavy atom. The summed E-state index contributed by atoms with van der Waals surface area (Å²) in [5.74, 6) is 5.60. The third-order valence-electron chi connectivity index (χ3n) is 2.85. The van der Waals surface area contributed by atoms with Crippen molar-refractivity contribution in [1.29, 1.82) is 0 Å². The topological polar surface area (TPSA) is 38.0 Å². The molecule has 0 radical (unpaired) electrons. The minimum Gasteiger partial charge on any atom is -0.271 e. The largest absolute Gasteiger partial charge is 0.271 e. The van der Waals surface area contributed by atoms with Crippen molar-refractivity contribution in [1.82, 2.24) is 5.43 Å². The van der Waals surface area contributed by atoms with Gasteiger partial charge in [-0.3, -0.25) is 11.3 Å². The number of benzene rings is 1. The van der Waals surface area contributed by atoms with Crippen molar-refractivity contribution >= 4 is 0 Å². The average molecular weight is 206 g/mol. The SMILES string of the molecule is CCCCC(NN)c1ccc(C)cc1C. The second-order valence-electron chi connectivity index (χ2n) is 4.22. The lowest BCUT2D eigenvalue weighted by Gasteiger charge is -2.18.